The molecular formula is C14H15Cl2NO2S2. The van der Waals surface area contributed by atoms with E-state index in [1.165, 1.54) is 0 Å². The quantitative estimate of drug-likeness (QED) is 0.757. The lowest BCUT2D eigenvalue weighted by molar-refractivity contribution is 0.603. The van der Waals surface area contributed by atoms with E-state index in [2.05, 4.69) is 4.72 Å². The molecule has 2 rings (SSSR count). The first-order valence-corrected chi connectivity index (χ1v) is 9.57. The van der Waals surface area contributed by atoms with Crippen LogP contribution in [0.3, 0.4) is 0 Å². The molecule has 21 heavy (non-hydrogen) atoms. The van der Waals surface area contributed by atoms with E-state index in [0.29, 0.717) is 15.9 Å². The fourth-order valence-corrected chi connectivity index (χ4v) is 4.72. The Morgan fingerprint density at radius 1 is 1.29 bits per heavy atom. The predicted octanol–water partition coefficient (Wildman–Crippen LogP) is 4.68. The van der Waals surface area contributed by atoms with Gasteiger partial charge in [-0.15, -0.1) is 22.9 Å². The van der Waals surface area contributed by atoms with Gasteiger partial charge in [-0.1, -0.05) is 23.7 Å². The monoisotopic (exact) mass is 363 g/mol. The van der Waals surface area contributed by atoms with Crippen molar-refractivity contribution in [3.63, 3.8) is 0 Å². The summed E-state index contributed by atoms with van der Waals surface area (Å²) in [5.41, 5.74) is 2.36. The summed E-state index contributed by atoms with van der Waals surface area (Å²) in [4.78, 5) is 0. The second-order valence-electron chi connectivity index (χ2n) is 4.62. The Morgan fingerprint density at radius 2 is 2.05 bits per heavy atom. The number of aryl methyl sites for hydroxylation is 2. The average molecular weight is 364 g/mol. The predicted molar refractivity (Wildman–Crippen MR) is 90.4 cm³/mol. The maximum Gasteiger partial charge on any atom is 0.271 e. The number of hydrogen-bond acceptors (Lipinski definition) is 3. The minimum atomic E-state index is -3.59. The molecule has 2 aromatic rings. The molecule has 1 aromatic carbocycles. The van der Waals surface area contributed by atoms with Gasteiger partial charge in [-0.3, -0.25) is 4.72 Å². The molecule has 0 amide bonds. The smallest absolute Gasteiger partial charge is 0.271 e. The van der Waals surface area contributed by atoms with Crippen LogP contribution in [0.4, 0.5) is 5.69 Å². The number of halogens is 2. The summed E-state index contributed by atoms with van der Waals surface area (Å²) in [5, 5.41) is 0. The highest BCUT2D eigenvalue weighted by molar-refractivity contribution is 7.94. The fraction of sp³-hybridized carbons (Fsp3) is 0.286. The van der Waals surface area contributed by atoms with Gasteiger partial charge >= 0.3 is 0 Å². The lowest BCUT2D eigenvalue weighted by Gasteiger charge is -2.08. The number of rotatable bonds is 6. The van der Waals surface area contributed by atoms with Crippen molar-refractivity contribution in [3.8, 4) is 0 Å². The van der Waals surface area contributed by atoms with E-state index in [-0.39, 0.29) is 4.21 Å². The number of benzene rings is 1. The van der Waals surface area contributed by atoms with E-state index in [1.807, 2.05) is 18.2 Å². The Morgan fingerprint density at radius 3 is 2.67 bits per heavy atom. The molecule has 0 atom stereocenters. The van der Waals surface area contributed by atoms with Crippen molar-refractivity contribution in [2.24, 2.45) is 0 Å². The SMILES string of the molecule is Cc1cc(S(=O)(=O)Nc2cccc(CCCCl)c2)sc1Cl. The Balaban J connectivity index is 2.20. The Kier molecular flexibility index (Phi) is 5.54. The molecule has 0 radical (unpaired) electrons. The van der Waals surface area contributed by atoms with Crippen LogP contribution in [-0.4, -0.2) is 14.3 Å². The number of anilines is 1. The van der Waals surface area contributed by atoms with Crippen LogP contribution in [0.5, 0.6) is 0 Å². The minimum Gasteiger partial charge on any atom is -0.279 e. The van der Waals surface area contributed by atoms with Crippen LogP contribution >= 0.6 is 34.5 Å². The molecular weight excluding hydrogens is 349 g/mol. The van der Waals surface area contributed by atoms with Crippen molar-refractivity contribution in [1.29, 1.82) is 0 Å². The zero-order chi connectivity index (χ0) is 15.5. The van der Waals surface area contributed by atoms with Gasteiger partial charge in [0.25, 0.3) is 10.0 Å². The van der Waals surface area contributed by atoms with Crippen molar-refractivity contribution < 1.29 is 8.42 Å². The van der Waals surface area contributed by atoms with Crippen molar-refractivity contribution >= 4 is 50.2 Å². The molecule has 0 unspecified atom stereocenters. The van der Waals surface area contributed by atoms with E-state index < -0.39 is 10.0 Å². The van der Waals surface area contributed by atoms with Gasteiger partial charge in [-0.2, -0.15) is 0 Å². The van der Waals surface area contributed by atoms with Crippen LogP contribution in [0.15, 0.2) is 34.5 Å². The highest BCUT2D eigenvalue weighted by Crippen LogP contribution is 2.31. The van der Waals surface area contributed by atoms with Gasteiger partial charge in [0.1, 0.15) is 4.21 Å². The first-order valence-electron chi connectivity index (χ1n) is 6.36. The standard InChI is InChI=1S/C14H15Cl2NO2S2/c1-10-8-13(20-14(10)16)21(18,19)17-12-6-2-4-11(9-12)5-3-7-15/h2,4,6,8-9,17H,3,5,7H2,1H3. The maximum atomic E-state index is 12.3. The lowest BCUT2D eigenvalue weighted by Crippen LogP contribution is -2.11. The second kappa shape index (κ2) is 7.01. The summed E-state index contributed by atoms with van der Waals surface area (Å²) in [5.74, 6) is 0.586. The Bertz CT molecular complexity index is 707. The summed E-state index contributed by atoms with van der Waals surface area (Å²) in [6, 6.07) is 8.91. The molecule has 3 nitrogen and oxygen atoms in total. The topological polar surface area (TPSA) is 46.2 Å². The molecule has 0 aliphatic heterocycles. The summed E-state index contributed by atoms with van der Waals surface area (Å²) in [7, 11) is -3.59. The first-order chi connectivity index (χ1) is 9.92. The van der Waals surface area contributed by atoms with Crippen LogP contribution in [0.1, 0.15) is 17.5 Å². The van der Waals surface area contributed by atoms with Gasteiger partial charge in [-0.05, 0) is 49.1 Å². The minimum absolute atomic E-state index is 0.219. The molecule has 1 aromatic heterocycles. The second-order valence-corrected chi connectivity index (χ2v) is 8.56. The van der Waals surface area contributed by atoms with E-state index >= 15 is 0 Å². The first kappa shape index (κ1) is 16.6. The number of sulfonamides is 1. The lowest BCUT2D eigenvalue weighted by atomic mass is 10.1. The third kappa shape index (κ3) is 4.36. The van der Waals surface area contributed by atoms with Gasteiger partial charge in [0.15, 0.2) is 0 Å². The molecule has 0 fully saturated rings. The number of alkyl halides is 1. The van der Waals surface area contributed by atoms with Crippen molar-refractivity contribution in [2.45, 2.75) is 24.0 Å². The van der Waals surface area contributed by atoms with Gasteiger partial charge in [0, 0.05) is 11.6 Å². The third-order valence-electron chi connectivity index (χ3n) is 2.88. The van der Waals surface area contributed by atoms with Crippen LogP contribution in [0, 0.1) is 6.92 Å². The maximum absolute atomic E-state index is 12.3. The van der Waals surface area contributed by atoms with E-state index in [9.17, 15) is 8.42 Å². The summed E-state index contributed by atoms with van der Waals surface area (Å²) in [6.07, 6.45) is 1.68. The summed E-state index contributed by atoms with van der Waals surface area (Å²) < 4.78 is 27.9. The van der Waals surface area contributed by atoms with E-state index in [1.54, 1.807) is 19.1 Å². The molecule has 1 N–H and O–H groups in total. The number of thiophene rings is 1. The van der Waals surface area contributed by atoms with Gasteiger partial charge in [0.05, 0.1) is 4.34 Å². The number of hydrogen-bond donors (Lipinski definition) is 1. The van der Waals surface area contributed by atoms with Crippen molar-refractivity contribution in [2.75, 3.05) is 10.6 Å². The zero-order valence-corrected chi connectivity index (χ0v) is 14.5. The molecule has 0 saturated carbocycles. The molecule has 1 heterocycles. The van der Waals surface area contributed by atoms with Gasteiger partial charge in [-0.25, -0.2) is 8.42 Å². The summed E-state index contributed by atoms with van der Waals surface area (Å²) in [6.45, 7) is 1.78. The van der Waals surface area contributed by atoms with E-state index in [4.69, 9.17) is 23.2 Å². The largest absolute Gasteiger partial charge is 0.279 e. The van der Waals surface area contributed by atoms with Crippen molar-refractivity contribution in [3.05, 3.63) is 45.8 Å². The fourth-order valence-electron chi connectivity index (χ4n) is 1.83. The third-order valence-corrected chi connectivity index (χ3v) is 6.56. The Hall–Kier alpha value is -0.750. The zero-order valence-electron chi connectivity index (χ0n) is 11.4. The molecule has 114 valence electrons. The van der Waals surface area contributed by atoms with Crippen molar-refractivity contribution in [1.82, 2.24) is 0 Å². The van der Waals surface area contributed by atoms with Gasteiger partial charge < -0.3 is 0 Å². The van der Waals surface area contributed by atoms with Crippen LogP contribution in [-0.2, 0) is 16.4 Å². The van der Waals surface area contributed by atoms with Crippen LogP contribution in [0.2, 0.25) is 4.34 Å². The van der Waals surface area contributed by atoms with E-state index in [0.717, 1.165) is 35.3 Å². The highest BCUT2D eigenvalue weighted by atomic mass is 35.5. The van der Waals surface area contributed by atoms with Crippen LogP contribution < -0.4 is 4.72 Å². The van der Waals surface area contributed by atoms with Gasteiger partial charge in [0.2, 0.25) is 0 Å². The molecule has 0 bridgehead atoms. The molecule has 0 saturated heterocycles. The molecule has 0 aliphatic rings. The normalized spacial score (nSPS) is 11.6. The molecule has 0 spiro atoms. The number of nitrogens with one attached hydrogen (secondary N) is 1. The summed E-state index contributed by atoms with van der Waals surface area (Å²) >= 11 is 12.7. The highest BCUT2D eigenvalue weighted by Gasteiger charge is 2.18. The average Bonchev–Trinajstić information content (AvgIpc) is 2.77. The molecule has 0 aliphatic carbocycles. The van der Waals surface area contributed by atoms with Crippen LogP contribution in [0.25, 0.3) is 0 Å². The molecule has 7 heteroatoms. The Labute approximate surface area is 139 Å².